The summed E-state index contributed by atoms with van der Waals surface area (Å²) >= 11 is 0. The molecule has 0 aliphatic heterocycles. The minimum atomic E-state index is -0.676. The summed E-state index contributed by atoms with van der Waals surface area (Å²) in [5, 5.41) is 28.7. The lowest BCUT2D eigenvalue weighted by Gasteiger charge is -2.35. The minimum Gasteiger partial charge on any atom is -0.508 e. The van der Waals surface area contributed by atoms with Crippen molar-refractivity contribution in [1.82, 2.24) is 4.90 Å². The Kier molecular flexibility index (Phi) is 5.67. The molecule has 0 saturated heterocycles. The molecule has 1 aliphatic rings. The van der Waals surface area contributed by atoms with Gasteiger partial charge >= 0.3 is 0 Å². The van der Waals surface area contributed by atoms with Gasteiger partial charge in [-0.05, 0) is 73.5 Å². The standard InChI is InChI=1S/C21H26FNO3/c1-2-10-23(11-9-14-3-6-17(24)7-4-14)16-5-8-18-15(12-16)13-19(25)21(26)20(18)22/h3-4,6-7,13,16,24-26H,2,5,8-12H2,1H3. The number of hydrogen-bond donors (Lipinski definition) is 3. The van der Waals surface area contributed by atoms with Gasteiger partial charge in [0.15, 0.2) is 17.3 Å². The number of phenols is 3. The number of phenolic OH excluding ortho intramolecular Hbond substituents is 3. The first-order valence-corrected chi connectivity index (χ1v) is 9.23. The fourth-order valence-electron chi connectivity index (χ4n) is 3.85. The zero-order chi connectivity index (χ0) is 18.7. The largest absolute Gasteiger partial charge is 0.508 e. The molecule has 0 spiro atoms. The van der Waals surface area contributed by atoms with Crippen LogP contribution in [-0.2, 0) is 19.3 Å². The van der Waals surface area contributed by atoms with Gasteiger partial charge in [0.05, 0.1) is 0 Å². The lowest BCUT2D eigenvalue weighted by molar-refractivity contribution is 0.180. The van der Waals surface area contributed by atoms with Crippen molar-refractivity contribution in [1.29, 1.82) is 0 Å². The van der Waals surface area contributed by atoms with Gasteiger partial charge in [-0.2, -0.15) is 0 Å². The van der Waals surface area contributed by atoms with Crippen LogP contribution in [0.4, 0.5) is 4.39 Å². The van der Waals surface area contributed by atoms with Gasteiger partial charge in [-0.25, -0.2) is 4.39 Å². The van der Waals surface area contributed by atoms with Crippen molar-refractivity contribution >= 4 is 0 Å². The van der Waals surface area contributed by atoms with E-state index in [0.717, 1.165) is 37.9 Å². The smallest absolute Gasteiger partial charge is 0.194 e. The Labute approximate surface area is 153 Å². The number of hydrogen-bond acceptors (Lipinski definition) is 4. The van der Waals surface area contributed by atoms with Gasteiger partial charge < -0.3 is 15.3 Å². The number of aromatic hydroxyl groups is 3. The average Bonchev–Trinajstić information content (AvgIpc) is 2.64. The Morgan fingerprint density at radius 3 is 2.54 bits per heavy atom. The third-order valence-electron chi connectivity index (χ3n) is 5.25. The van der Waals surface area contributed by atoms with Gasteiger partial charge in [-0.15, -0.1) is 0 Å². The summed E-state index contributed by atoms with van der Waals surface area (Å²) < 4.78 is 14.2. The zero-order valence-electron chi connectivity index (χ0n) is 15.1. The second-order valence-corrected chi connectivity index (χ2v) is 7.04. The molecule has 0 bridgehead atoms. The summed E-state index contributed by atoms with van der Waals surface area (Å²) in [6, 6.07) is 9.08. The van der Waals surface area contributed by atoms with Gasteiger partial charge in [0.2, 0.25) is 0 Å². The fourth-order valence-corrected chi connectivity index (χ4v) is 3.85. The molecule has 0 aromatic heterocycles. The van der Waals surface area contributed by atoms with E-state index in [1.165, 1.54) is 11.6 Å². The molecule has 4 nitrogen and oxygen atoms in total. The molecule has 0 radical (unpaired) electrons. The average molecular weight is 359 g/mol. The molecule has 3 rings (SSSR count). The lowest BCUT2D eigenvalue weighted by atomic mass is 9.86. The highest BCUT2D eigenvalue weighted by Gasteiger charge is 2.28. The monoisotopic (exact) mass is 359 g/mol. The summed E-state index contributed by atoms with van der Waals surface area (Å²) in [5.41, 5.74) is 2.50. The molecule has 0 amide bonds. The molecule has 0 saturated carbocycles. The highest BCUT2D eigenvalue weighted by atomic mass is 19.1. The van der Waals surface area contributed by atoms with Crippen molar-refractivity contribution in [3.63, 3.8) is 0 Å². The van der Waals surface area contributed by atoms with E-state index in [2.05, 4.69) is 11.8 Å². The zero-order valence-corrected chi connectivity index (χ0v) is 15.1. The van der Waals surface area contributed by atoms with Crippen LogP contribution in [0.1, 0.15) is 36.5 Å². The highest BCUT2D eigenvalue weighted by Crippen LogP contribution is 2.37. The van der Waals surface area contributed by atoms with Crippen LogP contribution >= 0.6 is 0 Å². The SMILES string of the molecule is CCCN(CCc1ccc(O)cc1)C1CCc2c(cc(O)c(O)c2F)C1. The van der Waals surface area contributed by atoms with E-state index < -0.39 is 11.6 Å². The number of halogens is 1. The summed E-state index contributed by atoms with van der Waals surface area (Å²) in [7, 11) is 0. The Hall–Kier alpha value is -2.27. The molecule has 3 N–H and O–H groups in total. The summed E-state index contributed by atoms with van der Waals surface area (Å²) in [5.74, 6) is -1.43. The third-order valence-corrected chi connectivity index (χ3v) is 5.25. The van der Waals surface area contributed by atoms with Crippen LogP contribution in [0.25, 0.3) is 0 Å². The predicted octanol–water partition coefficient (Wildman–Crippen LogP) is 3.75. The molecule has 2 aromatic carbocycles. The van der Waals surface area contributed by atoms with E-state index >= 15 is 0 Å². The molecule has 140 valence electrons. The summed E-state index contributed by atoms with van der Waals surface area (Å²) in [6.45, 7) is 4.00. The minimum absolute atomic E-state index is 0.271. The maximum atomic E-state index is 14.2. The third kappa shape index (κ3) is 3.93. The summed E-state index contributed by atoms with van der Waals surface area (Å²) in [4.78, 5) is 2.43. The van der Waals surface area contributed by atoms with E-state index in [0.29, 0.717) is 24.4 Å². The molecule has 0 fully saturated rings. The summed E-state index contributed by atoms with van der Waals surface area (Å²) in [6.07, 6.45) is 4.01. The Morgan fingerprint density at radius 2 is 1.85 bits per heavy atom. The van der Waals surface area contributed by atoms with Crippen molar-refractivity contribution in [3.8, 4) is 17.2 Å². The van der Waals surface area contributed by atoms with Gasteiger partial charge in [-0.1, -0.05) is 19.1 Å². The van der Waals surface area contributed by atoms with Crippen LogP contribution in [0.3, 0.4) is 0 Å². The number of rotatable bonds is 6. The molecular formula is C21H26FNO3. The second-order valence-electron chi connectivity index (χ2n) is 7.04. The molecule has 2 aromatic rings. The van der Waals surface area contributed by atoms with E-state index in [1.807, 2.05) is 12.1 Å². The maximum Gasteiger partial charge on any atom is 0.194 e. The van der Waals surface area contributed by atoms with Crippen molar-refractivity contribution in [3.05, 3.63) is 52.8 Å². The number of fused-ring (bicyclic) bond motifs is 1. The predicted molar refractivity (Wildman–Crippen MR) is 99.2 cm³/mol. The van der Waals surface area contributed by atoms with E-state index in [4.69, 9.17) is 0 Å². The van der Waals surface area contributed by atoms with Gasteiger partial charge in [0.25, 0.3) is 0 Å². The first-order chi connectivity index (χ1) is 12.5. The highest BCUT2D eigenvalue weighted by molar-refractivity contribution is 5.48. The topological polar surface area (TPSA) is 63.9 Å². The van der Waals surface area contributed by atoms with Crippen molar-refractivity contribution in [2.45, 2.75) is 45.1 Å². The lowest BCUT2D eigenvalue weighted by Crippen LogP contribution is -2.41. The molecule has 5 heteroatoms. The molecular weight excluding hydrogens is 333 g/mol. The van der Waals surface area contributed by atoms with Crippen LogP contribution in [-0.4, -0.2) is 39.4 Å². The second kappa shape index (κ2) is 7.96. The van der Waals surface area contributed by atoms with Gasteiger partial charge in [0.1, 0.15) is 5.75 Å². The first-order valence-electron chi connectivity index (χ1n) is 9.23. The van der Waals surface area contributed by atoms with Gasteiger partial charge in [-0.3, -0.25) is 4.90 Å². The van der Waals surface area contributed by atoms with Crippen LogP contribution in [0.5, 0.6) is 17.2 Å². The maximum absolute atomic E-state index is 14.2. The molecule has 26 heavy (non-hydrogen) atoms. The van der Waals surface area contributed by atoms with Crippen LogP contribution in [0.15, 0.2) is 30.3 Å². The number of benzene rings is 2. The van der Waals surface area contributed by atoms with Crippen LogP contribution in [0, 0.1) is 5.82 Å². The van der Waals surface area contributed by atoms with Gasteiger partial charge in [0, 0.05) is 12.6 Å². The molecule has 1 unspecified atom stereocenters. The molecule has 1 aliphatic carbocycles. The van der Waals surface area contributed by atoms with E-state index in [1.54, 1.807) is 12.1 Å². The van der Waals surface area contributed by atoms with E-state index in [-0.39, 0.29) is 11.5 Å². The quantitative estimate of drug-likeness (QED) is 0.687. The Balaban J connectivity index is 1.72. The number of nitrogens with zero attached hydrogens (tertiary/aromatic N) is 1. The van der Waals surface area contributed by atoms with Crippen LogP contribution < -0.4 is 0 Å². The Bertz CT molecular complexity index is 761. The van der Waals surface area contributed by atoms with E-state index in [9.17, 15) is 19.7 Å². The molecule has 0 heterocycles. The first kappa shape index (κ1) is 18.5. The van der Waals surface area contributed by atoms with Crippen molar-refractivity contribution in [2.24, 2.45) is 0 Å². The molecule has 1 atom stereocenters. The van der Waals surface area contributed by atoms with Crippen molar-refractivity contribution in [2.75, 3.05) is 13.1 Å². The van der Waals surface area contributed by atoms with Crippen molar-refractivity contribution < 1.29 is 19.7 Å². The normalized spacial score (nSPS) is 16.7. The Morgan fingerprint density at radius 1 is 1.12 bits per heavy atom. The fraction of sp³-hybridized carbons (Fsp3) is 0.429. The van der Waals surface area contributed by atoms with Crippen LogP contribution in [0.2, 0.25) is 0 Å².